The summed E-state index contributed by atoms with van der Waals surface area (Å²) in [6, 6.07) is 8.05. The first-order valence-corrected chi connectivity index (χ1v) is 9.89. The average Bonchev–Trinajstić information content (AvgIpc) is 2.64. The largest absolute Gasteiger partial charge is 0.444 e. The van der Waals surface area contributed by atoms with Crippen LogP contribution in [-0.2, 0) is 4.74 Å². The van der Waals surface area contributed by atoms with Gasteiger partial charge in [0.15, 0.2) is 0 Å². The van der Waals surface area contributed by atoms with E-state index in [2.05, 4.69) is 15.3 Å². The maximum Gasteiger partial charge on any atom is 0.410 e. The lowest BCUT2D eigenvalue weighted by Gasteiger charge is -2.33. The van der Waals surface area contributed by atoms with Crippen LogP contribution in [0.1, 0.15) is 33.6 Å². The molecule has 2 aromatic rings. The number of amides is 1. The second-order valence-electron chi connectivity index (χ2n) is 8.57. The molecule has 1 saturated heterocycles. The van der Waals surface area contributed by atoms with Gasteiger partial charge in [-0.05, 0) is 51.7 Å². The van der Waals surface area contributed by atoms with Gasteiger partial charge in [-0.15, -0.1) is 0 Å². The van der Waals surface area contributed by atoms with Crippen LogP contribution in [0.2, 0.25) is 0 Å². The van der Waals surface area contributed by atoms with E-state index in [-0.39, 0.29) is 6.09 Å². The molecule has 0 saturated carbocycles. The van der Waals surface area contributed by atoms with Gasteiger partial charge < -0.3 is 19.9 Å². The van der Waals surface area contributed by atoms with E-state index in [0.29, 0.717) is 11.9 Å². The molecule has 1 fully saturated rings. The van der Waals surface area contributed by atoms with Crippen LogP contribution in [0.4, 0.5) is 16.6 Å². The SMILES string of the molecule is CN(C)c1nc(NCC2CCN(C(=O)OC(C)(C)C)CC2)nc2ccccc12. The number of nitrogens with zero attached hydrogens (tertiary/aromatic N) is 4. The first-order chi connectivity index (χ1) is 13.2. The molecule has 1 aliphatic heterocycles. The van der Waals surface area contributed by atoms with Gasteiger partial charge in [0.05, 0.1) is 5.52 Å². The molecule has 7 heteroatoms. The van der Waals surface area contributed by atoms with Crippen molar-refractivity contribution in [3.8, 4) is 0 Å². The number of anilines is 2. The van der Waals surface area contributed by atoms with Gasteiger partial charge in [0, 0.05) is 39.1 Å². The van der Waals surface area contributed by atoms with Gasteiger partial charge >= 0.3 is 6.09 Å². The summed E-state index contributed by atoms with van der Waals surface area (Å²) in [4.78, 5) is 25.3. The van der Waals surface area contributed by atoms with Gasteiger partial charge in [0.1, 0.15) is 11.4 Å². The highest BCUT2D eigenvalue weighted by molar-refractivity contribution is 5.90. The number of carbonyl (C=O) groups excluding carboxylic acids is 1. The molecule has 1 amide bonds. The van der Waals surface area contributed by atoms with Crippen LogP contribution >= 0.6 is 0 Å². The van der Waals surface area contributed by atoms with Crippen LogP contribution in [0, 0.1) is 5.92 Å². The molecule has 3 rings (SSSR count). The van der Waals surface area contributed by atoms with Gasteiger partial charge in [-0.3, -0.25) is 0 Å². The highest BCUT2D eigenvalue weighted by Crippen LogP contribution is 2.25. The van der Waals surface area contributed by atoms with E-state index in [4.69, 9.17) is 4.74 Å². The molecule has 152 valence electrons. The minimum absolute atomic E-state index is 0.215. The van der Waals surface area contributed by atoms with Gasteiger partial charge in [-0.2, -0.15) is 4.98 Å². The Bertz CT molecular complexity index is 823. The summed E-state index contributed by atoms with van der Waals surface area (Å²) in [6.45, 7) is 7.94. The summed E-state index contributed by atoms with van der Waals surface area (Å²) in [6.07, 6.45) is 1.67. The van der Waals surface area contributed by atoms with Gasteiger partial charge in [0.25, 0.3) is 0 Å². The number of nitrogens with one attached hydrogen (secondary N) is 1. The molecule has 0 unspecified atom stereocenters. The molecule has 0 atom stereocenters. The molecule has 7 nitrogen and oxygen atoms in total. The number of ether oxygens (including phenoxy) is 1. The molecule has 1 aliphatic rings. The highest BCUT2D eigenvalue weighted by atomic mass is 16.6. The highest BCUT2D eigenvalue weighted by Gasteiger charge is 2.26. The summed E-state index contributed by atoms with van der Waals surface area (Å²) in [5.74, 6) is 2.04. The van der Waals surface area contributed by atoms with Crippen LogP contribution < -0.4 is 10.2 Å². The third-order valence-corrected chi connectivity index (χ3v) is 4.82. The van der Waals surface area contributed by atoms with Crippen molar-refractivity contribution in [1.82, 2.24) is 14.9 Å². The van der Waals surface area contributed by atoms with Crippen molar-refractivity contribution in [3.05, 3.63) is 24.3 Å². The molecule has 2 heterocycles. The molecular weight excluding hydrogens is 354 g/mol. The zero-order valence-electron chi connectivity index (χ0n) is 17.5. The number of para-hydroxylation sites is 1. The lowest BCUT2D eigenvalue weighted by molar-refractivity contribution is 0.0188. The summed E-state index contributed by atoms with van der Waals surface area (Å²) >= 11 is 0. The Kier molecular flexibility index (Phi) is 5.91. The smallest absolute Gasteiger partial charge is 0.410 e. The number of fused-ring (bicyclic) bond motifs is 1. The van der Waals surface area contributed by atoms with E-state index in [0.717, 1.165) is 49.2 Å². The number of likely N-dealkylation sites (tertiary alicyclic amines) is 1. The van der Waals surface area contributed by atoms with E-state index >= 15 is 0 Å². The first kappa shape index (κ1) is 20.2. The van der Waals surface area contributed by atoms with Crippen molar-refractivity contribution in [2.75, 3.05) is 43.9 Å². The third-order valence-electron chi connectivity index (χ3n) is 4.82. The average molecular weight is 386 g/mol. The van der Waals surface area contributed by atoms with Crippen molar-refractivity contribution >= 4 is 28.8 Å². The predicted octanol–water partition coefficient (Wildman–Crippen LogP) is 3.75. The van der Waals surface area contributed by atoms with Crippen LogP contribution in [0.5, 0.6) is 0 Å². The number of piperidine rings is 1. The molecule has 1 aromatic heterocycles. The number of rotatable bonds is 4. The lowest BCUT2D eigenvalue weighted by Crippen LogP contribution is -2.42. The van der Waals surface area contributed by atoms with Crippen molar-refractivity contribution in [3.63, 3.8) is 0 Å². The summed E-state index contributed by atoms with van der Waals surface area (Å²) in [5, 5.41) is 4.45. The number of benzene rings is 1. The molecule has 28 heavy (non-hydrogen) atoms. The molecule has 1 aromatic carbocycles. The standard InChI is InChI=1S/C21H31N5O2/c1-21(2,3)28-20(27)26-12-10-15(11-13-26)14-22-19-23-17-9-7-6-8-16(17)18(24-19)25(4)5/h6-9,15H,10-14H2,1-5H3,(H,22,23,24). The Hall–Kier alpha value is -2.57. The Morgan fingerprint density at radius 2 is 1.89 bits per heavy atom. The topological polar surface area (TPSA) is 70.6 Å². The van der Waals surface area contributed by atoms with E-state index in [1.807, 2.05) is 64.0 Å². The molecule has 0 radical (unpaired) electrons. The van der Waals surface area contributed by atoms with Gasteiger partial charge in [0.2, 0.25) is 5.95 Å². The van der Waals surface area contributed by atoms with Crippen molar-refractivity contribution in [2.45, 2.75) is 39.2 Å². The fourth-order valence-electron chi connectivity index (χ4n) is 3.36. The Morgan fingerprint density at radius 3 is 2.54 bits per heavy atom. The second kappa shape index (κ2) is 8.20. The van der Waals surface area contributed by atoms with Crippen LogP contribution in [0.15, 0.2) is 24.3 Å². The monoisotopic (exact) mass is 385 g/mol. The molecule has 0 aliphatic carbocycles. The van der Waals surface area contributed by atoms with E-state index in [1.54, 1.807) is 4.90 Å². The fraction of sp³-hybridized carbons (Fsp3) is 0.571. The Morgan fingerprint density at radius 1 is 1.21 bits per heavy atom. The van der Waals surface area contributed by atoms with Crippen LogP contribution in [-0.4, -0.2) is 60.3 Å². The zero-order valence-corrected chi connectivity index (χ0v) is 17.5. The van der Waals surface area contributed by atoms with Crippen LogP contribution in [0.25, 0.3) is 10.9 Å². The number of carbonyl (C=O) groups is 1. The van der Waals surface area contributed by atoms with Gasteiger partial charge in [-0.25, -0.2) is 9.78 Å². The molecule has 0 bridgehead atoms. The summed E-state index contributed by atoms with van der Waals surface area (Å²) < 4.78 is 5.46. The van der Waals surface area contributed by atoms with Crippen molar-refractivity contribution in [2.24, 2.45) is 5.92 Å². The van der Waals surface area contributed by atoms with Gasteiger partial charge in [-0.1, -0.05) is 12.1 Å². The van der Waals surface area contributed by atoms with E-state index in [9.17, 15) is 4.79 Å². The second-order valence-corrected chi connectivity index (χ2v) is 8.57. The third kappa shape index (κ3) is 5.03. The minimum Gasteiger partial charge on any atom is -0.444 e. The quantitative estimate of drug-likeness (QED) is 0.864. The van der Waals surface area contributed by atoms with Crippen molar-refractivity contribution in [1.29, 1.82) is 0 Å². The Labute approximate surface area is 167 Å². The summed E-state index contributed by atoms with van der Waals surface area (Å²) in [5.41, 5.74) is 0.482. The zero-order chi connectivity index (χ0) is 20.3. The number of hydrogen-bond donors (Lipinski definition) is 1. The molecular formula is C21H31N5O2. The number of aromatic nitrogens is 2. The fourth-order valence-corrected chi connectivity index (χ4v) is 3.36. The normalized spacial score (nSPS) is 15.5. The summed E-state index contributed by atoms with van der Waals surface area (Å²) in [7, 11) is 3.98. The maximum absolute atomic E-state index is 12.2. The lowest BCUT2D eigenvalue weighted by atomic mass is 9.97. The first-order valence-electron chi connectivity index (χ1n) is 9.89. The maximum atomic E-state index is 12.2. The molecule has 1 N–H and O–H groups in total. The van der Waals surface area contributed by atoms with E-state index < -0.39 is 5.60 Å². The van der Waals surface area contributed by atoms with E-state index in [1.165, 1.54) is 0 Å². The van der Waals surface area contributed by atoms with Crippen LogP contribution in [0.3, 0.4) is 0 Å². The number of hydrogen-bond acceptors (Lipinski definition) is 6. The predicted molar refractivity (Wildman–Crippen MR) is 113 cm³/mol. The Balaban J connectivity index is 1.58. The minimum atomic E-state index is -0.451. The molecule has 0 spiro atoms. The van der Waals surface area contributed by atoms with Crippen molar-refractivity contribution < 1.29 is 9.53 Å².